The van der Waals surface area contributed by atoms with Gasteiger partial charge in [-0.3, -0.25) is 0 Å². The number of carbonyl (C=O) groups is 1. The van der Waals surface area contributed by atoms with Crippen LogP contribution >= 0.6 is 0 Å². The van der Waals surface area contributed by atoms with Gasteiger partial charge in [0.25, 0.3) is 0 Å². The fourth-order valence-electron chi connectivity index (χ4n) is 0.588. The van der Waals surface area contributed by atoms with Crippen LogP contribution in [0.3, 0.4) is 0 Å². The van der Waals surface area contributed by atoms with Crippen LogP contribution in [0.15, 0.2) is 5.57 Å². The third kappa shape index (κ3) is 2.53. The van der Waals surface area contributed by atoms with Crippen molar-refractivity contribution in [1.29, 1.82) is 0 Å². The number of rotatable bonds is 3. The van der Waals surface area contributed by atoms with Crippen LogP contribution in [0.2, 0.25) is 0 Å². The molecule has 0 aromatic rings. The van der Waals surface area contributed by atoms with E-state index in [9.17, 15) is 9.59 Å². The summed E-state index contributed by atoms with van der Waals surface area (Å²) in [7, 11) is 0. The fraction of sp³-hybridized carbons (Fsp3) is 0.571. The van der Waals surface area contributed by atoms with Gasteiger partial charge in [-0.15, -0.1) is 0 Å². The van der Waals surface area contributed by atoms with E-state index in [0.717, 1.165) is 0 Å². The van der Waals surface area contributed by atoms with Crippen LogP contribution in [0.25, 0.3) is 0 Å². The lowest BCUT2D eigenvalue weighted by atomic mass is 9.98. The Morgan fingerprint density at radius 2 is 2.00 bits per heavy atom. The molecule has 0 rings (SSSR count). The Kier molecular flexibility index (Phi) is 3.51. The first-order chi connectivity index (χ1) is 5.00. The zero-order valence-electron chi connectivity index (χ0n) is 6.50. The number of carboxylic acid groups (broad SMARTS) is 1. The summed E-state index contributed by atoms with van der Waals surface area (Å²) in [6.07, 6.45) is 0. The SMILES string of the molecule is CC(C)C(N)C(=C=O)C(=O)O. The second-order valence-corrected chi connectivity index (χ2v) is 2.59. The van der Waals surface area contributed by atoms with Crippen molar-refractivity contribution in [1.82, 2.24) is 0 Å². The first kappa shape index (κ1) is 9.88. The second-order valence-electron chi connectivity index (χ2n) is 2.59. The molecule has 0 aliphatic carbocycles. The Balaban J connectivity index is 4.55. The predicted molar refractivity (Wildman–Crippen MR) is 39.7 cm³/mol. The predicted octanol–water partition coefficient (Wildman–Crippen LogP) is -0.188. The van der Waals surface area contributed by atoms with Crippen molar-refractivity contribution in [3.63, 3.8) is 0 Å². The summed E-state index contributed by atoms with van der Waals surface area (Å²) in [4.78, 5) is 20.4. The molecule has 3 N–H and O–H groups in total. The molecule has 1 unspecified atom stereocenters. The summed E-state index contributed by atoms with van der Waals surface area (Å²) in [5.41, 5.74) is 5.00. The second kappa shape index (κ2) is 3.91. The van der Waals surface area contributed by atoms with Gasteiger partial charge in [-0.2, -0.15) is 0 Å². The van der Waals surface area contributed by atoms with Crippen molar-refractivity contribution < 1.29 is 14.7 Å². The van der Waals surface area contributed by atoms with Gasteiger partial charge in [0, 0.05) is 6.04 Å². The van der Waals surface area contributed by atoms with Gasteiger partial charge in [0.15, 0.2) is 0 Å². The van der Waals surface area contributed by atoms with E-state index in [-0.39, 0.29) is 11.5 Å². The lowest BCUT2D eigenvalue weighted by molar-refractivity contribution is -0.132. The van der Waals surface area contributed by atoms with Crippen LogP contribution in [0.5, 0.6) is 0 Å². The zero-order valence-corrected chi connectivity index (χ0v) is 6.50. The molecule has 0 aromatic heterocycles. The van der Waals surface area contributed by atoms with E-state index in [0.29, 0.717) is 0 Å². The molecular weight excluding hydrogens is 146 g/mol. The summed E-state index contributed by atoms with van der Waals surface area (Å²) in [5.74, 6) is -0.0329. The molecule has 0 saturated carbocycles. The van der Waals surface area contributed by atoms with Crippen LogP contribution < -0.4 is 5.73 Å². The van der Waals surface area contributed by atoms with Gasteiger partial charge in [-0.05, 0) is 5.92 Å². The van der Waals surface area contributed by atoms with Gasteiger partial charge in [0.1, 0.15) is 11.5 Å². The van der Waals surface area contributed by atoms with Gasteiger partial charge >= 0.3 is 5.97 Å². The van der Waals surface area contributed by atoms with Gasteiger partial charge < -0.3 is 10.8 Å². The minimum Gasteiger partial charge on any atom is -0.477 e. The van der Waals surface area contributed by atoms with Gasteiger partial charge in [-0.1, -0.05) is 13.8 Å². The van der Waals surface area contributed by atoms with Gasteiger partial charge in [0.05, 0.1) is 0 Å². The van der Waals surface area contributed by atoms with E-state index in [1.165, 1.54) is 5.94 Å². The van der Waals surface area contributed by atoms with E-state index < -0.39 is 12.0 Å². The minimum absolute atomic E-state index is 0.0671. The average Bonchev–Trinajstić information content (AvgIpc) is 1.88. The Labute approximate surface area is 64.7 Å². The summed E-state index contributed by atoms with van der Waals surface area (Å²) >= 11 is 0. The van der Waals surface area contributed by atoms with E-state index >= 15 is 0 Å². The van der Waals surface area contributed by atoms with E-state index in [1.54, 1.807) is 13.8 Å². The van der Waals surface area contributed by atoms with Crippen LogP contribution in [0, 0.1) is 5.92 Å². The number of hydrogen-bond donors (Lipinski definition) is 2. The standard InChI is InChI=1S/C7H11NO3/c1-4(2)6(8)5(3-9)7(10)11/h4,6H,8H2,1-2H3,(H,10,11). The molecule has 1 atom stereocenters. The summed E-state index contributed by atoms with van der Waals surface area (Å²) in [6.45, 7) is 3.48. The van der Waals surface area contributed by atoms with Crippen LogP contribution in [0.1, 0.15) is 13.8 Å². The summed E-state index contributed by atoms with van der Waals surface area (Å²) < 4.78 is 0. The molecule has 0 heterocycles. The van der Waals surface area contributed by atoms with Crippen LogP contribution in [-0.2, 0) is 9.59 Å². The highest BCUT2D eigenvalue weighted by Gasteiger charge is 2.20. The Morgan fingerprint density at radius 1 is 1.55 bits per heavy atom. The van der Waals surface area contributed by atoms with Crippen molar-refractivity contribution in [2.24, 2.45) is 11.7 Å². The monoisotopic (exact) mass is 157 g/mol. The molecule has 0 aliphatic heterocycles. The molecule has 0 aromatic carbocycles. The maximum absolute atomic E-state index is 10.3. The third-order valence-electron chi connectivity index (χ3n) is 1.39. The highest BCUT2D eigenvalue weighted by atomic mass is 16.4. The van der Waals surface area contributed by atoms with Crippen molar-refractivity contribution in [3.8, 4) is 0 Å². The lowest BCUT2D eigenvalue weighted by Gasteiger charge is -2.12. The molecule has 11 heavy (non-hydrogen) atoms. The summed E-state index contributed by atoms with van der Waals surface area (Å²) in [6, 6.07) is -0.731. The topological polar surface area (TPSA) is 80.4 Å². The van der Waals surface area contributed by atoms with E-state index in [4.69, 9.17) is 10.8 Å². The van der Waals surface area contributed by atoms with Crippen molar-refractivity contribution in [3.05, 3.63) is 5.57 Å². The highest BCUT2D eigenvalue weighted by molar-refractivity contribution is 5.96. The zero-order chi connectivity index (χ0) is 9.02. The fourth-order valence-corrected chi connectivity index (χ4v) is 0.588. The lowest BCUT2D eigenvalue weighted by Crippen LogP contribution is -2.32. The molecule has 4 nitrogen and oxygen atoms in total. The smallest absolute Gasteiger partial charge is 0.344 e. The molecule has 0 radical (unpaired) electrons. The molecule has 0 bridgehead atoms. The molecule has 62 valence electrons. The van der Waals surface area contributed by atoms with E-state index in [1.807, 2.05) is 0 Å². The first-order valence-electron chi connectivity index (χ1n) is 3.24. The van der Waals surface area contributed by atoms with Crippen molar-refractivity contribution in [2.75, 3.05) is 0 Å². The third-order valence-corrected chi connectivity index (χ3v) is 1.39. The first-order valence-corrected chi connectivity index (χ1v) is 3.24. The maximum Gasteiger partial charge on any atom is 0.344 e. The molecule has 0 aliphatic rings. The van der Waals surface area contributed by atoms with Gasteiger partial charge in [-0.25, -0.2) is 9.59 Å². The van der Waals surface area contributed by atoms with Gasteiger partial charge in [0.2, 0.25) is 0 Å². The number of carbonyl (C=O) groups excluding carboxylic acids is 1. The number of nitrogens with two attached hydrogens (primary N) is 1. The van der Waals surface area contributed by atoms with Crippen LogP contribution in [-0.4, -0.2) is 23.1 Å². The Morgan fingerprint density at radius 3 is 2.09 bits per heavy atom. The quantitative estimate of drug-likeness (QED) is 0.439. The number of aliphatic carboxylic acids is 1. The molecule has 4 heteroatoms. The average molecular weight is 157 g/mol. The molecule has 0 saturated heterocycles. The van der Waals surface area contributed by atoms with Crippen LogP contribution in [0.4, 0.5) is 0 Å². The van der Waals surface area contributed by atoms with E-state index in [2.05, 4.69) is 0 Å². The molecule has 0 amide bonds. The minimum atomic E-state index is -1.29. The largest absolute Gasteiger partial charge is 0.477 e. The van der Waals surface area contributed by atoms with Crippen molar-refractivity contribution in [2.45, 2.75) is 19.9 Å². The molecule has 0 spiro atoms. The highest BCUT2D eigenvalue weighted by Crippen LogP contribution is 2.06. The number of carboxylic acids is 1. The van der Waals surface area contributed by atoms with Crippen molar-refractivity contribution >= 4 is 11.9 Å². The normalized spacial score (nSPS) is 12.4. The molecule has 0 fully saturated rings. The Bertz CT molecular complexity index is 204. The summed E-state index contributed by atoms with van der Waals surface area (Å²) in [5, 5.41) is 8.41. The Hall–Kier alpha value is -1.12. The maximum atomic E-state index is 10.3. The number of hydrogen-bond acceptors (Lipinski definition) is 3. The molecular formula is C7H11NO3.